The van der Waals surface area contributed by atoms with Crippen LogP contribution in [0.3, 0.4) is 0 Å². The van der Waals surface area contributed by atoms with Crippen molar-refractivity contribution in [3.05, 3.63) is 0 Å². The molecule has 0 bridgehead atoms. The molecule has 2 saturated carbocycles. The Morgan fingerprint density at radius 2 is 2.00 bits per heavy atom. The highest BCUT2D eigenvalue weighted by atomic mass is 32.2. The van der Waals surface area contributed by atoms with Gasteiger partial charge < -0.3 is 4.74 Å². The molecule has 3 unspecified atom stereocenters. The molecule has 2 radical (unpaired) electrons. The van der Waals surface area contributed by atoms with Gasteiger partial charge in [0.05, 0.1) is 14.0 Å². The summed E-state index contributed by atoms with van der Waals surface area (Å²) in [5.41, 5.74) is 0. The molecule has 7 heteroatoms. The van der Waals surface area contributed by atoms with Crippen LogP contribution < -0.4 is 0 Å². The van der Waals surface area contributed by atoms with Gasteiger partial charge in [0.2, 0.25) is 0 Å². The highest BCUT2D eigenvalue weighted by Crippen LogP contribution is 2.67. The molecule has 2 aliphatic carbocycles. The predicted molar refractivity (Wildman–Crippen MR) is 69.3 cm³/mol. The van der Waals surface area contributed by atoms with Crippen LogP contribution in [0, 0.1) is 17.8 Å². The Balaban J connectivity index is 2.33. The molecule has 0 saturated heterocycles. The molecule has 108 valence electrons. The van der Waals surface area contributed by atoms with E-state index in [9.17, 15) is 17.2 Å². The molecule has 3 nitrogen and oxygen atoms in total. The van der Waals surface area contributed by atoms with Crippen molar-refractivity contribution in [3.8, 4) is 0 Å². The van der Waals surface area contributed by atoms with Gasteiger partial charge in [0.15, 0.2) is 9.84 Å². The average molecular weight is 292 g/mol. The number of hydrogen-bond donors (Lipinski definition) is 0. The molecular formula is C12H19BF2O3S. The number of rotatable bonds is 4. The van der Waals surface area contributed by atoms with Crippen LogP contribution in [0.2, 0.25) is 5.82 Å². The van der Waals surface area contributed by atoms with E-state index in [1.807, 2.05) is 6.92 Å². The first-order chi connectivity index (χ1) is 8.64. The van der Waals surface area contributed by atoms with Gasteiger partial charge in [0.25, 0.3) is 6.43 Å². The first-order valence-corrected chi connectivity index (χ1v) is 8.38. The Bertz CT molecular complexity index is 456. The molecule has 2 fully saturated rings. The van der Waals surface area contributed by atoms with Gasteiger partial charge in [-0.15, -0.1) is 0 Å². The van der Waals surface area contributed by atoms with Crippen molar-refractivity contribution in [2.75, 3.05) is 12.9 Å². The molecule has 0 aromatic heterocycles. The molecular weight excluding hydrogens is 273 g/mol. The van der Waals surface area contributed by atoms with Crippen molar-refractivity contribution in [2.45, 2.75) is 43.4 Å². The molecule has 19 heavy (non-hydrogen) atoms. The summed E-state index contributed by atoms with van der Waals surface area (Å²) in [5, 5.41) is 0. The topological polar surface area (TPSA) is 43.4 Å². The van der Waals surface area contributed by atoms with Crippen LogP contribution in [0.1, 0.15) is 20.3 Å². The standard InChI is InChI=1S/C12H19BF2O3S/c1-6-9(13)4-8-7(2)12(8,19(3,16)17)11(6)18-5-10(14)15/h6-11H,4-5H2,1-3H3/t6?,7-,8?,9-,11-,12?/m0/s1. The summed E-state index contributed by atoms with van der Waals surface area (Å²) in [6.07, 6.45) is -1.55. The van der Waals surface area contributed by atoms with Crippen molar-refractivity contribution < 1.29 is 21.9 Å². The van der Waals surface area contributed by atoms with Gasteiger partial charge in [-0.3, -0.25) is 0 Å². The lowest BCUT2D eigenvalue weighted by Gasteiger charge is -2.39. The van der Waals surface area contributed by atoms with Gasteiger partial charge in [0, 0.05) is 6.26 Å². The summed E-state index contributed by atoms with van der Waals surface area (Å²) in [7, 11) is 2.61. The number of alkyl halides is 2. The van der Waals surface area contributed by atoms with Crippen LogP contribution in [0.4, 0.5) is 8.78 Å². The average Bonchev–Trinajstić information content (AvgIpc) is 2.84. The van der Waals surface area contributed by atoms with Crippen molar-refractivity contribution in [1.29, 1.82) is 0 Å². The van der Waals surface area contributed by atoms with E-state index < -0.39 is 33.7 Å². The number of sulfone groups is 1. The van der Waals surface area contributed by atoms with Gasteiger partial charge in [-0.05, 0) is 17.8 Å². The Labute approximate surface area is 114 Å². The van der Waals surface area contributed by atoms with Crippen molar-refractivity contribution in [3.63, 3.8) is 0 Å². The summed E-state index contributed by atoms with van der Waals surface area (Å²) in [6, 6.07) is 0. The molecule has 0 aromatic rings. The second kappa shape index (κ2) is 4.69. The molecule has 0 N–H and O–H groups in total. The van der Waals surface area contributed by atoms with E-state index in [2.05, 4.69) is 0 Å². The number of hydrogen-bond acceptors (Lipinski definition) is 3. The third kappa shape index (κ3) is 2.13. The lowest BCUT2D eigenvalue weighted by molar-refractivity contribution is -0.0587. The minimum atomic E-state index is -3.38. The van der Waals surface area contributed by atoms with Crippen molar-refractivity contribution >= 4 is 17.7 Å². The number of fused-ring (bicyclic) bond motifs is 1. The fourth-order valence-corrected chi connectivity index (χ4v) is 6.25. The smallest absolute Gasteiger partial charge is 0.261 e. The molecule has 0 aromatic carbocycles. The second-order valence-corrected chi connectivity index (χ2v) is 8.18. The zero-order valence-corrected chi connectivity index (χ0v) is 12.2. The largest absolute Gasteiger partial charge is 0.370 e. The maximum Gasteiger partial charge on any atom is 0.261 e. The van der Waals surface area contributed by atoms with Crippen LogP contribution in [0.15, 0.2) is 0 Å². The lowest BCUT2D eigenvalue weighted by Crippen LogP contribution is -2.49. The maximum atomic E-state index is 12.4. The first-order valence-electron chi connectivity index (χ1n) is 6.49. The molecule has 2 rings (SSSR count). The fraction of sp³-hybridized carbons (Fsp3) is 1.00. The zero-order chi connectivity index (χ0) is 14.6. The summed E-state index contributed by atoms with van der Waals surface area (Å²) >= 11 is 0. The van der Waals surface area contributed by atoms with Gasteiger partial charge >= 0.3 is 0 Å². The van der Waals surface area contributed by atoms with Crippen molar-refractivity contribution in [2.24, 2.45) is 17.8 Å². The third-order valence-corrected chi connectivity index (χ3v) is 7.14. The van der Waals surface area contributed by atoms with Crippen LogP contribution in [0.5, 0.6) is 0 Å². The van der Waals surface area contributed by atoms with Crippen LogP contribution in [-0.4, -0.2) is 46.4 Å². The Kier molecular flexibility index (Phi) is 3.76. The number of halogens is 2. The minimum Gasteiger partial charge on any atom is -0.370 e. The Morgan fingerprint density at radius 3 is 2.47 bits per heavy atom. The van der Waals surface area contributed by atoms with E-state index in [1.165, 1.54) is 6.26 Å². The van der Waals surface area contributed by atoms with Crippen LogP contribution in [0.25, 0.3) is 0 Å². The molecule has 0 aliphatic heterocycles. The quantitative estimate of drug-likeness (QED) is 0.740. The maximum absolute atomic E-state index is 12.4. The van der Waals surface area contributed by atoms with Gasteiger partial charge in [-0.2, -0.15) is 0 Å². The number of ether oxygens (including phenoxy) is 1. The first kappa shape index (κ1) is 15.2. The van der Waals surface area contributed by atoms with Crippen molar-refractivity contribution in [1.82, 2.24) is 0 Å². The highest BCUT2D eigenvalue weighted by molar-refractivity contribution is 7.92. The van der Waals surface area contributed by atoms with Gasteiger partial charge in [-0.1, -0.05) is 26.1 Å². The van der Waals surface area contributed by atoms with Gasteiger partial charge in [0.1, 0.15) is 11.4 Å². The summed E-state index contributed by atoms with van der Waals surface area (Å²) in [6.45, 7) is 2.89. The normalized spacial score (nSPS) is 46.1. The van der Waals surface area contributed by atoms with E-state index in [1.54, 1.807) is 6.92 Å². The molecule has 2 aliphatic rings. The Morgan fingerprint density at radius 1 is 1.42 bits per heavy atom. The van der Waals surface area contributed by atoms with Crippen LogP contribution >= 0.6 is 0 Å². The predicted octanol–water partition coefficient (Wildman–Crippen LogP) is 1.68. The zero-order valence-electron chi connectivity index (χ0n) is 11.3. The van der Waals surface area contributed by atoms with Gasteiger partial charge in [-0.25, -0.2) is 17.2 Å². The summed E-state index contributed by atoms with van der Waals surface area (Å²) in [4.78, 5) is 0. The van der Waals surface area contributed by atoms with E-state index in [-0.39, 0.29) is 23.6 Å². The third-order valence-electron chi connectivity index (χ3n) is 4.95. The SMILES string of the molecule is [B][C@H]1CC2[C@H](C)C2(S(C)(=O)=O)[C@@H](OCC(F)F)C1C. The molecule has 6 atom stereocenters. The molecule has 0 amide bonds. The van der Waals surface area contributed by atoms with E-state index in [0.717, 1.165) is 0 Å². The highest BCUT2D eigenvalue weighted by Gasteiger charge is 2.75. The van der Waals surface area contributed by atoms with E-state index in [0.29, 0.717) is 6.42 Å². The van der Waals surface area contributed by atoms with Crippen LogP contribution in [-0.2, 0) is 14.6 Å². The molecule has 0 heterocycles. The summed E-state index contributed by atoms with van der Waals surface area (Å²) in [5.74, 6) is -0.597. The summed E-state index contributed by atoms with van der Waals surface area (Å²) < 4.78 is 53.3. The monoisotopic (exact) mass is 292 g/mol. The molecule has 0 spiro atoms. The lowest BCUT2D eigenvalue weighted by atomic mass is 9.67. The second-order valence-electron chi connectivity index (χ2n) is 5.92. The fourth-order valence-electron chi connectivity index (χ4n) is 3.93. The van der Waals surface area contributed by atoms with E-state index in [4.69, 9.17) is 12.6 Å². The minimum absolute atomic E-state index is 0.0728. The van der Waals surface area contributed by atoms with E-state index >= 15 is 0 Å². The Hall–Kier alpha value is -0.165.